The van der Waals surface area contributed by atoms with Gasteiger partial charge in [-0.1, -0.05) is 18.9 Å². The minimum Gasteiger partial charge on any atom is -0.378 e. The smallest absolute Gasteiger partial charge is 0.267 e. The number of morpholine rings is 1. The summed E-state index contributed by atoms with van der Waals surface area (Å²) in [7, 11) is 0. The largest absolute Gasteiger partial charge is 0.378 e. The average molecular weight is 407 g/mol. The molecule has 0 bridgehead atoms. The summed E-state index contributed by atoms with van der Waals surface area (Å²) in [5.74, 6) is 0.177. The number of fused-ring (bicyclic) bond motifs is 1. The Morgan fingerprint density at radius 1 is 1.10 bits per heavy atom. The van der Waals surface area contributed by atoms with E-state index in [2.05, 4.69) is 4.90 Å². The number of nitriles is 1. The lowest BCUT2D eigenvalue weighted by Crippen LogP contribution is -2.41. The fourth-order valence-electron chi connectivity index (χ4n) is 3.96. The zero-order valence-electron chi connectivity index (χ0n) is 16.9. The predicted molar refractivity (Wildman–Crippen MR) is 113 cm³/mol. The molecule has 0 unspecified atom stereocenters. The van der Waals surface area contributed by atoms with Gasteiger partial charge in [0.1, 0.15) is 23.1 Å². The normalized spacial score (nSPS) is 18.2. The van der Waals surface area contributed by atoms with E-state index in [1.165, 1.54) is 10.5 Å². The molecule has 2 fully saturated rings. The second-order valence-electron chi connectivity index (χ2n) is 7.56. The first kappa shape index (κ1) is 20.1. The van der Waals surface area contributed by atoms with E-state index in [0.29, 0.717) is 43.3 Å². The van der Waals surface area contributed by atoms with Gasteiger partial charge in [0.05, 0.1) is 18.8 Å². The van der Waals surface area contributed by atoms with Gasteiger partial charge >= 0.3 is 0 Å². The molecule has 4 rings (SSSR count). The third-order valence-electron chi connectivity index (χ3n) is 5.59. The molecule has 30 heavy (non-hydrogen) atoms. The third-order valence-corrected chi connectivity index (χ3v) is 5.59. The topological polar surface area (TPSA) is 90.9 Å². The van der Waals surface area contributed by atoms with Crippen LogP contribution in [-0.2, 0) is 9.53 Å². The molecular weight excluding hydrogens is 382 g/mol. The summed E-state index contributed by atoms with van der Waals surface area (Å²) < 4.78 is 6.75. The standard InChI is InChI=1S/C22H25N5O3/c23-16-17(21(28)26-11-13-30-14-12-26)15-18-20(25-8-4-1-2-5-9-25)24-19-7-3-6-10-27(19)22(18)29/h3,6-7,10,15H,1-2,4-5,8-9,11-14H2/b17-15-. The van der Waals surface area contributed by atoms with Gasteiger partial charge < -0.3 is 14.5 Å². The van der Waals surface area contributed by atoms with Gasteiger partial charge in [-0.15, -0.1) is 0 Å². The summed E-state index contributed by atoms with van der Waals surface area (Å²) in [5.41, 5.74) is 0.515. The van der Waals surface area contributed by atoms with Gasteiger partial charge in [0.25, 0.3) is 11.5 Å². The van der Waals surface area contributed by atoms with Gasteiger partial charge in [-0.3, -0.25) is 14.0 Å². The maximum atomic E-state index is 13.3. The Hall–Kier alpha value is -3.18. The van der Waals surface area contributed by atoms with E-state index in [1.807, 2.05) is 12.1 Å². The summed E-state index contributed by atoms with van der Waals surface area (Å²) >= 11 is 0. The van der Waals surface area contributed by atoms with Gasteiger partial charge in [-0.05, 0) is 31.1 Å². The zero-order chi connectivity index (χ0) is 20.9. The molecule has 2 aliphatic heterocycles. The molecule has 0 atom stereocenters. The molecule has 2 saturated heterocycles. The molecule has 2 aromatic heterocycles. The first-order valence-corrected chi connectivity index (χ1v) is 10.4. The van der Waals surface area contributed by atoms with Crippen LogP contribution in [0.15, 0.2) is 34.8 Å². The van der Waals surface area contributed by atoms with Gasteiger partial charge in [0.15, 0.2) is 0 Å². The SMILES string of the molecule is N#C/C(=C/c1c(N2CCCCCC2)nc2ccccn2c1=O)C(=O)N1CCOCC1. The maximum Gasteiger partial charge on any atom is 0.267 e. The monoisotopic (exact) mass is 407 g/mol. The maximum absolute atomic E-state index is 13.3. The molecule has 0 aliphatic carbocycles. The van der Waals surface area contributed by atoms with E-state index in [9.17, 15) is 14.9 Å². The number of amides is 1. The van der Waals surface area contributed by atoms with Crippen LogP contribution in [0.4, 0.5) is 5.82 Å². The van der Waals surface area contributed by atoms with Crippen LogP contribution in [0, 0.1) is 11.3 Å². The quantitative estimate of drug-likeness (QED) is 0.570. The Morgan fingerprint density at radius 3 is 2.53 bits per heavy atom. The van der Waals surface area contributed by atoms with Crippen molar-refractivity contribution < 1.29 is 9.53 Å². The molecule has 8 heteroatoms. The number of rotatable bonds is 3. The van der Waals surface area contributed by atoms with Crippen LogP contribution in [0.1, 0.15) is 31.2 Å². The number of aromatic nitrogens is 2. The van der Waals surface area contributed by atoms with Crippen LogP contribution >= 0.6 is 0 Å². The minimum absolute atomic E-state index is 0.0530. The molecule has 8 nitrogen and oxygen atoms in total. The molecule has 0 saturated carbocycles. The highest BCUT2D eigenvalue weighted by Gasteiger charge is 2.24. The Labute approximate surface area is 175 Å². The lowest BCUT2D eigenvalue weighted by Gasteiger charge is -2.26. The van der Waals surface area contributed by atoms with Crippen molar-refractivity contribution in [3.05, 3.63) is 45.9 Å². The van der Waals surface area contributed by atoms with Crippen molar-refractivity contribution in [2.24, 2.45) is 0 Å². The van der Waals surface area contributed by atoms with E-state index >= 15 is 0 Å². The number of carbonyl (C=O) groups is 1. The Balaban J connectivity index is 1.82. The van der Waals surface area contributed by atoms with Gasteiger partial charge in [-0.2, -0.15) is 5.26 Å². The summed E-state index contributed by atoms with van der Waals surface area (Å²) in [4.78, 5) is 34.7. The molecule has 0 aromatic carbocycles. The predicted octanol–water partition coefficient (Wildman–Crippen LogP) is 1.84. The molecule has 0 N–H and O–H groups in total. The van der Waals surface area contributed by atoms with Crippen molar-refractivity contribution in [2.75, 3.05) is 44.3 Å². The summed E-state index contributed by atoms with van der Waals surface area (Å²) in [6, 6.07) is 7.39. The lowest BCUT2D eigenvalue weighted by molar-refractivity contribution is -0.130. The summed E-state index contributed by atoms with van der Waals surface area (Å²) in [6.45, 7) is 3.37. The summed E-state index contributed by atoms with van der Waals surface area (Å²) in [6.07, 6.45) is 7.42. The number of hydrogen-bond donors (Lipinski definition) is 0. The highest BCUT2D eigenvalue weighted by Crippen LogP contribution is 2.23. The summed E-state index contributed by atoms with van der Waals surface area (Å²) in [5, 5.41) is 9.70. The fraction of sp³-hybridized carbons (Fsp3) is 0.455. The van der Waals surface area contributed by atoms with Crippen LogP contribution in [0.25, 0.3) is 11.7 Å². The lowest BCUT2D eigenvalue weighted by atomic mass is 10.1. The van der Waals surface area contributed by atoms with E-state index in [1.54, 1.807) is 23.2 Å². The van der Waals surface area contributed by atoms with Crippen LogP contribution < -0.4 is 10.5 Å². The van der Waals surface area contributed by atoms with Gasteiger partial charge in [0, 0.05) is 32.4 Å². The second kappa shape index (κ2) is 9.09. The van der Waals surface area contributed by atoms with E-state index in [4.69, 9.17) is 9.72 Å². The van der Waals surface area contributed by atoms with Gasteiger partial charge in [0.2, 0.25) is 0 Å². The molecule has 0 spiro atoms. The van der Waals surface area contributed by atoms with Crippen molar-refractivity contribution in [1.82, 2.24) is 14.3 Å². The highest BCUT2D eigenvalue weighted by atomic mass is 16.5. The number of nitrogens with zero attached hydrogens (tertiary/aromatic N) is 5. The molecule has 2 aliphatic rings. The number of ether oxygens (including phenoxy) is 1. The number of anilines is 1. The van der Waals surface area contributed by atoms with E-state index < -0.39 is 0 Å². The Bertz CT molecular complexity index is 1050. The van der Waals surface area contributed by atoms with Crippen molar-refractivity contribution in [3.63, 3.8) is 0 Å². The van der Waals surface area contributed by atoms with E-state index in [0.717, 1.165) is 38.8 Å². The van der Waals surface area contributed by atoms with Crippen LogP contribution in [0.5, 0.6) is 0 Å². The molecule has 4 heterocycles. The highest BCUT2D eigenvalue weighted by molar-refractivity contribution is 6.02. The van der Waals surface area contributed by atoms with Crippen molar-refractivity contribution in [2.45, 2.75) is 25.7 Å². The molecule has 1 amide bonds. The number of hydrogen-bond acceptors (Lipinski definition) is 6. The number of pyridine rings is 1. The number of carbonyl (C=O) groups excluding carboxylic acids is 1. The molecule has 2 aromatic rings. The average Bonchev–Trinajstić information content (AvgIpc) is 3.08. The second-order valence-corrected chi connectivity index (χ2v) is 7.56. The first-order chi connectivity index (χ1) is 14.7. The molecule has 0 radical (unpaired) electrons. The van der Waals surface area contributed by atoms with E-state index in [-0.39, 0.29) is 17.0 Å². The Kier molecular flexibility index (Phi) is 6.10. The van der Waals surface area contributed by atoms with Crippen LogP contribution in [0.3, 0.4) is 0 Å². The zero-order valence-corrected chi connectivity index (χ0v) is 16.9. The third kappa shape index (κ3) is 4.07. The Morgan fingerprint density at radius 2 is 1.83 bits per heavy atom. The first-order valence-electron chi connectivity index (χ1n) is 10.4. The van der Waals surface area contributed by atoms with Crippen molar-refractivity contribution in [1.29, 1.82) is 5.26 Å². The molecular formula is C22H25N5O3. The van der Waals surface area contributed by atoms with Crippen molar-refractivity contribution in [3.8, 4) is 6.07 Å². The van der Waals surface area contributed by atoms with Gasteiger partial charge in [-0.25, -0.2) is 4.98 Å². The minimum atomic E-state index is -0.375. The molecule has 156 valence electrons. The van der Waals surface area contributed by atoms with Crippen molar-refractivity contribution >= 4 is 23.4 Å². The fourth-order valence-corrected chi connectivity index (χ4v) is 3.96. The van der Waals surface area contributed by atoms with Crippen LogP contribution in [0.2, 0.25) is 0 Å². The van der Waals surface area contributed by atoms with Crippen LogP contribution in [-0.4, -0.2) is 59.6 Å².